The Hall–Kier alpha value is -0.860. The average molecular weight is 197 g/mol. The number of nitrogens with zero attached hydrogens (tertiary/aromatic N) is 1. The summed E-state index contributed by atoms with van der Waals surface area (Å²) in [6.45, 7) is 2.87. The van der Waals surface area contributed by atoms with Crippen LogP contribution < -0.4 is 5.32 Å². The lowest BCUT2D eigenvalue weighted by atomic mass is 10.1. The van der Waals surface area contributed by atoms with E-state index in [2.05, 4.69) is 23.3 Å². The molecule has 0 aliphatic heterocycles. The number of aromatic nitrogens is 1. The zero-order chi connectivity index (χ0) is 9.52. The molecule has 1 atom stereocenters. The van der Waals surface area contributed by atoms with Crippen molar-refractivity contribution in [3.8, 4) is 0 Å². The van der Waals surface area contributed by atoms with Gasteiger partial charge in [0.15, 0.2) is 0 Å². The fourth-order valence-corrected chi connectivity index (χ4v) is 1.13. The van der Waals surface area contributed by atoms with Crippen molar-refractivity contribution in [2.75, 3.05) is 6.54 Å². The molecule has 1 heterocycles. The van der Waals surface area contributed by atoms with Gasteiger partial charge in [-0.15, -0.1) is 0 Å². The average Bonchev–Trinajstić information content (AvgIpc) is 2.19. The topological polar surface area (TPSA) is 24.9 Å². The minimum atomic E-state index is 0.307. The highest BCUT2D eigenvalue weighted by molar-refractivity contribution is 6.25. The van der Waals surface area contributed by atoms with E-state index >= 15 is 0 Å². The molecule has 13 heavy (non-hydrogen) atoms. The molecule has 1 N–H and O–H groups in total. The summed E-state index contributed by atoms with van der Waals surface area (Å²) in [5.74, 6) is 0. The van der Waals surface area contributed by atoms with Gasteiger partial charge in [0.25, 0.3) is 0 Å². The first-order valence-electron chi connectivity index (χ1n) is 4.23. The van der Waals surface area contributed by atoms with Gasteiger partial charge in [0.1, 0.15) is 0 Å². The quantitative estimate of drug-likeness (QED) is 0.801. The zero-order valence-corrected chi connectivity index (χ0v) is 8.33. The van der Waals surface area contributed by atoms with Gasteiger partial charge in [-0.05, 0) is 18.6 Å². The van der Waals surface area contributed by atoms with Crippen molar-refractivity contribution in [2.24, 2.45) is 0 Å². The van der Waals surface area contributed by atoms with Gasteiger partial charge in [-0.1, -0.05) is 23.7 Å². The van der Waals surface area contributed by atoms with Crippen LogP contribution in [-0.2, 0) is 0 Å². The molecule has 70 valence electrons. The highest BCUT2D eigenvalue weighted by atomic mass is 35.5. The SMILES string of the molecule is C[C@H](NC/C=C/Cl)c1cccnc1. The van der Waals surface area contributed by atoms with Crippen molar-refractivity contribution in [2.45, 2.75) is 13.0 Å². The zero-order valence-electron chi connectivity index (χ0n) is 7.57. The molecule has 1 rings (SSSR count). The second-order valence-corrected chi connectivity index (χ2v) is 3.03. The Morgan fingerprint density at radius 1 is 1.69 bits per heavy atom. The van der Waals surface area contributed by atoms with Gasteiger partial charge in [0, 0.05) is 30.5 Å². The van der Waals surface area contributed by atoms with Crippen LogP contribution in [0.5, 0.6) is 0 Å². The van der Waals surface area contributed by atoms with E-state index in [0.29, 0.717) is 6.04 Å². The summed E-state index contributed by atoms with van der Waals surface area (Å²) in [7, 11) is 0. The molecule has 0 amide bonds. The third kappa shape index (κ3) is 3.57. The predicted molar refractivity (Wildman–Crippen MR) is 55.6 cm³/mol. The van der Waals surface area contributed by atoms with Crippen LogP contribution >= 0.6 is 11.6 Å². The van der Waals surface area contributed by atoms with Crippen molar-refractivity contribution in [3.05, 3.63) is 41.7 Å². The van der Waals surface area contributed by atoms with Crippen LogP contribution in [0.15, 0.2) is 36.1 Å². The summed E-state index contributed by atoms with van der Waals surface area (Å²) in [5.41, 5.74) is 2.70. The van der Waals surface area contributed by atoms with Gasteiger partial charge in [0.2, 0.25) is 0 Å². The van der Waals surface area contributed by atoms with Gasteiger partial charge in [-0.25, -0.2) is 0 Å². The first-order chi connectivity index (χ1) is 6.34. The molecule has 0 unspecified atom stereocenters. The van der Waals surface area contributed by atoms with Gasteiger partial charge >= 0.3 is 0 Å². The molecule has 0 aliphatic carbocycles. The van der Waals surface area contributed by atoms with E-state index in [-0.39, 0.29) is 0 Å². The van der Waals surface area contributed by atoms with Crippen molar-refractivity contribution >= 4 is 11.6 Å². The second-order valence-electron chi connectivity index (χ2n) is 2.78. The first-order valence-corrected chi connectivity index (χ1v) is 4.66. The Morgan fingerprint density at radius 2 is 2.54 bits per heavy atom. The number of hydrogen-bond donors (Lipinski definition) is 1. The molecule has 0 saturated carbocycles. The Balaban J connectivity index is 2.44. The highest BCUT2D eigenvalue weighted by Crippen LogP contribution is 2.08. The molecule has 1 aromatic heterocycles. The molecule has 3 heteroatoms. The largest absolute Gasteiger partial charge is 0.307 e. The highest BCUT2D eigenvalue weighted by Gasteiger charge is 2.01. The summed E-state index contributed by atoms with van der Waals surface area (Å²) in [6, 6.07) is 4.29. The summed E-state index contributed by atoms with van der Waals surface area (Å²) < 4.78 is 0. The Labute approximate surface area is 83.6 Å². The van der Waals surface area contributed by atoms with Gasteiger partial charge in [-0.2, -0.15) is 0 Å². The summed E-state index contributed by atoms with van der Waals surface area (Å²) >= 11 is 5.40. The molecular formula is C10H13ClN2. The normalized spacial score (nSPS) is 13.4. The molecule has 2 nitrogen and oxygen atoms in total. The van der Waals surface area contributed by atoms with Crippen LogP contribution in [0.3, 0.4) is 0 Å². The van der Waals surface area contributed by atoms with Crippen LogP contribution in [0.1, 0.15) is 18.5 Å². The predicted octanol–water partition coefficient (Wildman–Crippen LogP) is 2.48. The smallest absolute Gasteiger partial charge is 0.0315 e. The van der Waals surface area contributed by atoms with Crippen molar-refractivity contribution < 1.29 is 0 Å². The lowest BCUT2D eigenvalue weighted by molar-refractivity contribution is 0.615. The Morgan fingerprint density at radius 3 is 3.15 bits per heavy atom. The van der Waals surface area contributed by atoms with Gasteiger partial charge < -0.3 is 5.32 Å². The Bertz CT molecular complexity index is 259. The number of halogens is 1. The maximum Gasteiger partial charge on any atom is 0.0315 e. The molecule has 0 radical (unpaired) electrons. The summed E-state index contributed by atoms with van der Waals surface area (Å²) in [5, 5.41) is 3.29. The van der Waals surface area contributed by atoms with E-state index in [1.165, 1.54) is 11.1 Å². The lowest BCUT2D eigenvalue weighted by Crippen LogP contribution is -2.18. The van der Waals surface area contributed by atoms with Crippen LogP contribution in [0, 0.1) is 0 Å². The summed E-state index contributed by atoms with van der Waals surface area (Å²) in [6.07, 6.45) is 5.51. The van der Waals surface area contributed by atoms with Crippen molar-refractivity contribution in [1.29, 1.82) is 0 Å². The maximum absolute atomic E-state index is 5.40. The minimum absolute atomic E-state index is 0.307. The van der Waals surface area contributed by atoms with Crippen molar-refractivity contribution in [3.63, 3.8) is 0 Å². The fourth-order valence-electron chi connectivity index (χ4n) is 1.04. The third-order valence-electron chi connectivity index (χ3n) is 1.82. The van der Waals surface area contributed by atoms with E-state index < -0.39 is 0 Å². The molecular weight excluding hydrogens is 184 g/mol. The van der Waals surface area contributed by atoms with Crippen LogP contribution in [0.2, 0.25) is 0 Å². The monoisotopic (exact) mass is 196 g/mol. The molecule has 0 bridgehead atoms. The minimum Gasteiger partial charge on any atom is -0.307 e. The second kappa shape index (κ2) is 5.73. The molecule has 1 aromatic rings. The first kappa shape index (κ1) is 10.2. The number of nitrogens with one attached hydrogen (secondary N) is 1. The van der Waals surface area contributed by atoms with Crippen LogP contribution in [0.25, 0.3) is 0 Å². The standard InChI is InChI=1S/C10H13ClN2/c1-9(13-7-3-5-11)10-4-2-6-12-8-10/h2-6,8-9,13H,7H2,1H3/b5-3+/t9-/m0/s1. The van der Waals surface area contributed by atoms with Gasteiger partial charge in [0.05, 0.1) is 0 Å². The molecule has 0 fully saturated rings. The fraction of sp³-hybridized carbons (Fsp3) is 0.300. The summed E-state index contributed by atoms with van der Waals surface area (Å²) in [4.78, 5) is 4.05. The van der Waals surface area contributed by atoms with Crippen molar-refractivity contribution in [1.82, 2.24) is 10.3 Å². The van der Waals surface area contributed by atoms with E-state index in [9.17, 15) is 0 Å². The van der Waals surface area contributed by atoms with E-state index in [0.717, 1.165) is 6.54 Å². The number of rotatable bonds is 4. The number of pyridine rings is 1. The van der Waals surface area contributed by atoms with Crippen LogP contribution in [0.4, 0.5) is 0 Å². The third-order valence-corrected chi connectivity index (χ3v) is 1.99. The maximum atomic E-state index is 5.40. The lowest BCUT2D eigenvalue weighted by Gasteiger charge is -2.11. The molecule has 0 aliphatic rings. The van der Waals surface area contributed by atoms with E-state index in [1.54, 1.807) is 6.20 Å². The molecule has 0 aromatic carbocycles. The molecule has 0 spiro atoms. The van der Waals surface area contributed by atoms with Gasteiger partial charge in [-0.3, -0.25) is 4.98 Å². The van der Waals surface area contributed by atoms with E-state index in [4.69, 9.17) is 11.6 Å². The van der Waals surface area contributed by atoms with Crippen LogP contribution in [-0.4, -0.2) is 11.5 Å². The van der Waals surface area contributed by atoms with E-state index in [1.807, 2.05) is 18.3 Å². The molecule has 0 saturated heterocycles. The number of hydrogen-bond acceptors (Lipinski definition) is 2. The Kier molecular flexibility index (Phi) is 4.50.